The number of ether oxygens (including phenoxy) is 1. The molecule has 30 heavy (non-hydrogen) atoms. The molecule has 0 saturated heterocycles. The number of amides is 1. The molecule has 1 N–H and O–H groups in total. The summed E-state index contributed by atoms with van der Waals surface area (Å²) in [5, 5.41) is 3.45. The molecule has 158 valence electrons. The molecule has 0 bridgehead atoms. The van der Waals surface area contributed by atoms with Crippen molar-refractivity contribution in [3.8, 4) is 5.75 Å². The molecule has 1 atom stereocenters. The predicted octanol–water partition coefficient (Wildman–Crippen LogP) is 4.21. The Morgan fingerprint density at radius 3 is 2.53 bits per heavy atom. The Morgan fingerprint density at radius 1 is 1.10 bits per heavy atom. The fraction of sp³-hybridized carbons (Fsp3) is 0.227. The number of carbonyl (C=O) groups excluding carboxylic acids is 1. The Kier molecular flexibility index (Phi) is 6.89. The fourth-order valence-corrected chi connectivity index (χ4v) is 5.78. The molecule has 0 aliphatic heterocycles. The third-order valence-electron chi connectivity index (χ3n) is 4.63. The van der Waals surface area contributed by atoms with Gasteiger partial charge in [0.2, 0.25) is 0 Å². The number of nitrogens with one attached hydrogen (secondary N) is 1. The maximum Gasteiger partial charge on any atom is 0.257 e. The smallest absolute Gasteiger partial charge is 0.257 e. The van der Waals surface area contributed by atoms with Crippen LogP contribution in [0.15, 0.2) is 64.9 Å². The number of para-hydroxylation sites is 1. The Labute approximate surface area is 179 Å². The van der Waals surface area contributed by atoms with E-state index in [2.05, 4.69) is 5.32 Å². The van der Waals surface area contributed by atoms with Crippen LogP contribution in [0.5, 0.6) is 5.75 Å². The summed E-state index contributed by atoms with van der Waals surface area (Å²) in [6.45, 7) is 3.05. The van der Waals surface area contributed by atoms with Gasteiger partial charge in [0.05, 0.1) is 4.90 Å². The normalized spacial score (nSPS) is 12.4. The molecule has 1 heterocycles. The molecular weight excluding hydrogens is 425 g/mol. The van der Waals surface area contributed by atoms with E-state index in [1.54, 1.807) is 23.6 Å². The van der Waals surface area contributed by atoms with Crippen molar-refractivity contribution in [2.75, 3.05) is 13.2 Å². The van der Waals surface area contributed by atoms with Gasteiger partial charge in [-0.25, -0.2) is 12.8 Å². The lowest BCUT2D eigenvalue weighted by atomic mass is 10.2. The third kappa shape index (κ3) is 5.06. The van der Waals surface area contributed by atoms with E-state index in [9.17, 15) is 17.6 Å². The first-order valence-electron chi connectivity index (χ1n) is 9.27. The van der Waals surface area contributed by atoms with Crippen molar-refractivity contribution in [2.24, 2.45) is 0 Å². The zero-order valence-corrected chi connectivity index (χ0v) is 18.2. The molecule has 3 rings (SSSR count). The number of carbonyl (C=O) groups is 1. The zero-order valence-electron chi connectivity index (χ0n) is 16.6. The largest absolute Gasteiger partial charge is 0.484 e. The van der Waals surface area contributed by atoms with Gasteiger partial charge in [-0.15, -0.1) is 11.3 Å². The maximum atomic E-state index is 13.6. The molecule has 5 nitrogen and oxygen atoms in total. The van der Waals surface area contributed by atoms with Gasteiger partial charge in [0.15, 0.2) is 16.4 Å². The van der Waals surface area contributed by atoms with Gasteiger partial charge in [0.1, 0.15) is 16.8 Å². The van der Waals surface area contributed by atoms with Crippen LogP contribution >= 0.6 is 11.3 Å². The summed E-state index contributed by atoms with van der Waals surface area (Å²) in [4.78, 5) is 12.9. The maximum absolute atomic E-state index is 13.6. The fourth-order valence-electron chi connectivity index (χ4n) is 2.92. The first kappa shape index (κ1) is 22.0. The number of halogens is 1. The van der Waals surface area contributed by atoms with Crippen LogP contribution in [-0.2, 0) is 14.6 Å². The average molecular weight is 448 g/mol. The van der Waals surface area contributed by atoms with Gasteiger partial charge in [-0.3, -0.25) is 4.79 Å². The Hall–Kier alpha value is -2.71. The van der Waals surface area contributed by atoms with Gasteiger partial charge in [-0.05, 0) is 60.7 Å². The SMILES string of the molecule is Cc1cc(S(=O)(=O)[C@H](CNC(=O)COc2ccccc2C)c2cccs2)ccc1F. The second-order valence-corrected chi connectivity index (χ2v) is 9.93. The standard InChI is InChI=1S/C22H22FNO4S2/c1-15-6-3-4-7-19(15)28-14-22(25)24-13-21(20-8-5-11-29-20)30(26,27)17-9-10-18(23)16(2)12-17/h3-12,21H,13-14H2,1-2H3,(H,24,25)/t21-/m1/s1. The van der Waals surface area contributed by atoms with E-state index in [4.69, 9.17) is 4.74 Å². The van der Waals surface area contributed by atoms with Gasteiger partial charge in [0, 0.05) is 11.4 Å². The van der Waals surface area contributed by atoms with Crippen molar-refractivity contribution >= 4 is 27.1 Å². The number of thiophene rings is 1. The van der Waals surface area contributed by atoms with E-state index in [-0.39, 0.29) is 23.6 Å². The summed E-state index contributed by atoms with van der Waals surface area (Å²) in [6, 6.07) is 14.5. The number of hydrogen-bond acceptors (Lipinski definition) is 5. The summed E-state index contributed by atoms with van der Waals surface area (Å²) in [5.74, 6) is -0.301. The predicted molar refractivity (Wildman–Crippen MR) is 115 cm³/mol. The van der Waals surface area contributed by atoms with Gasteiger partial charge in [-0.1, -0.05) is 24.3 Å². The molecule has 1 amide bonds. The lowest BCUT2D eigenvalue weighted by molar-refractivity contribution is -0.123. The molecule has 0 fully saturated rings. The quantitative estimate of drug-likeness (QED) is 0.525. The van der Waals surface area contributed by atoms with Gasteiger partial charge < -0.3 is 10.1 Å². The second-order valence-electron chi connectivity index (χ2n) is 6.82. The first-order chi connectivity index (χ1) is 14.3. The van der Waals surface area contributed by atoms with Gasteiger partial charge >= 0.3 is 0 Å². The van der Waals surface area contributed by atoms with Crippen LogP contribution in [0.1, 0.15) is 21.3 Å². The van der Waals surface area contributed by atoms with Crippen molar-refractivity contribution in [1.29, 1.82) is 0 Å². The van der Waals surface area contributed by atoms with Crippen molar-refractivity contribution < 1.29 is 22.3 Å². The third-order valence-corrected chi connectivity index (χ3v) is 7.85. The van der Waals surface area contributed by atoms with Crippen molar-refractivity contribution in [1.82, 2.24) is 5.32 Å². The monoisotopic (exact) mass is 447 g/mol. The van der Waals surface area contributed by atoms with Gasteiger partial charge in [-0.2, -0.15) is 0 Å². The lowest BCUT2D eigenvalue weighted by Crippen LogP contribution is -2.34. The molecule has 1 aromatic heterocycles. The molecule has 0 aliphatic rings. The minimum absolute atomic E-state index is 0.0187. The summed E-state index contributed by atoms with van der Waals surface area (Å²) >= 11 is 1.29. The summed E-state index contributed by atoms with van der Waals surface area (Å²) < 4.78 is 45.6. The molecule has 0 spiro atoms. The molecule has 0 saturated carbocycles. The number of benzene rings is 2. The Bertz CT molecular complexity index is 1130. The molecule has 8 heteroatoms. The Morgan fingerprint density at radius 2 is 1.87 bits per heavy atom. The van der Waals surface area contributed by atoms with E-state index in [0.717, 1.165) is 11.6 Å². The molecule has 2 aromatic carbocycles. The highest BCUT2D eigenvalue weighted by Crippen LogP contribution is 2.32. The minimum atomic E-state index is -3.84. The van der Waals surface area contributed by atoms with Crippen LogP contribution in [0.3, 0.4) is 0 Å². The molecule has 0 unspecified atom stereocenters. The highest BCUT2D eigenvalue weighted by molar-refractivity contribution is 7.91. The van der Waals surface area contributed by atoms with Crippen LogP contribution in [0.4, 0.5) is 4.39 Å². The van der Waals surface area contributed by atoms with Crippen LogP contribution in [0, 0.1) is 19.7 Å². The minimum Gasteiger partial charge on any atom is -0.484 e. The average Bonchev–Trinajstić information content (AvgIpc) is 3.23. The summed E-state index contributed by atoms with van der Waals surface area (Å²) in [7, 11) is -3.84. The molecule has 0 radical (unpaired) electrons. The first-order valence-corrected chi connectivity index (χ1v) is 11.7. The highest BCUT2D eigenvalue weighted by atomic mass is 32.2. The van der Waals surface area contributed by atoms with Crippen molar-refractivity contribution in [3.63, 3.8) is 0 Å². The number of hydrogen-bond donors (Lipinski definition) is 1. The lowest BCUT2D eigenvalue weighted by Gasteiger charge is -2.18. The number of rotatable bonds is 8. The van der Waals surface area contributed by atoms with Crippen molar-refractivity contribution in [2.45, 2.75) is 24.0 Å². The van der Waals surface area contributed by atoms with Crippen LogP contribution in [0.25, 0.3) is 0 Å². The highest BCUT2D eigenvalue weighted by Gasteiger charge is 2.31. The topological polar surface area (TPSA) is 72.5 Å². The van der Waals surface area contributed by atoms with Crippen LogP contribution < -0.4 is 10.1 Å². The summed E-state index contributed by atoms with van der Waals surface area (Å²) in [6.07, 6.45) is 0. The molecular formula is C22H22FNO4S2. The van der Waals surface area contributed by atoms with Crippen molar-refractivity contribution in [3.05, 3.63) is 81.8 Å². The van der Waals surface area contributed by atoms with E-state index in [1.165, 1.54) is 30.4 Å². The number of aryl methyl sites for hydroxylation is 2. The van der Waals surface area contributed by atoms with Crippen LogP contribution in [-0.4, -0.2) is 27.5 Å². The zero-order chi connectivity index (χ0) is 21.7. The number of sulfone groups is 1. The van der Waals surface area contributed by atoms with E-state index >= 15 is 0 Å². The van der Waals surface area contributed by atoms with E-state index < -0.39 is 26.8 Å². The molecule has 0 aliphatic carbocycles. The molecule has 3 aromatic rings. The second kappa shape index (κ2) is 9.40. The van der Waals surface area contributed by atoms with Crippen LogP contribution in [0.2, 0.25) is 0 Å². The van der Waals surface area contributed by atoms with E-state index in [1.807, 2.05) is 25.1 Å². The Balaban J connectivity index is 1.74. The van der Waals surface area contributed by atoms with E-state index in [0.29, 0.717) is 10.6 Å². The van der Waals surface area contributed by atoms with Gasteiger partial charge in [0.25, 0.3) is 5.91 Å². The summed E-state index contributed by atoms with van der Waals surface area (Å²) in [5.41, 5.74) is 1.15.